The summed E-state index contributed by atoms with van der Waals surface area (Å²) in [4.78, 5) is 0. The van der Waals surface area contributed by atoms with Gasteiger partial charge in [-0.1, -0.05) is 19.8 Å². The van der Waals surface area contributed by atoms with Gasteiger partial charge >= 0.3 is 0 Å². The van der Waals surface area contributed by atoms with Gasteiger partial charge in [0.1, 0.15) is 0 Å². The molecule has 114 valence electrons. The monoisotopic (exact) mass is 292 g/mol. The number of nitrogens with zero attached hydrogens (tertiary/aromatic N) is 1. The second-order valence-electron chi connectivity index (χ2n) is 5.06. The number of nitrogens with two attached hydrogens (primary N) is 1. The molecule has 0 aromatic carbocycles. The maximum Gasteiger partial charge on any atom is 0.216 e. The Hall–Kier alpha value is -0.170. The zero-order valence-electron chi connectivity index (χ0n) is 12.2. The van der Waals surface area contributed by atoms with E-state index in [1.165, 1.54) is 0 Å². The van der Waals surface area contributed by atoms with Gasteiger partial charge in [0.15, 0.2) is 0 Å². The Labute approximate surface area is 117 Å². The van der Waals surface area contributed by atoms with Crippen molar-refractivity contribution in [3.63, 3.8) is 0 Å². The van der Waals surface area contributed by atoms with E-state index in [1.54, 1.807) is 4.31 Å². The minimum atomic E-state index is -3.23. The molecule has 0 amide bonds. The van der Waals surface area contributed by atoms with E-state index in [2.05, 4.69) is 0 Å². The molecule has 0 heterocycles. The van der Waals surface area contributed by atoms with Crippen molar-refractivity contribution in [3.05, 3.63) is 0 Å². The predicted molar refractivity (Wildman–Crippen MR) is 77.5 cm³/mol. The summed E-state index contributed by atoms with van der Waals surface area (Å²) in [5, 5.41) is 0. The number of sulfonamides is 1. The standard InChI is InChI=1S/C13H28N2O3S/c1-3-15(19(16,17)10-9-18-4-2)13-8-6-5-7-12(13)11-14/h12-13H,3-11,14H2,1-2H3. The van der Waals surface area contributed by atoms with Gasteiger partial charge in [-0.2, -0.15) is 4.31 Å². The zero-order chi connectivity index (χ0) is 14.3. The third-order valence-corrected chi connectivity index (χ3v) is 5.83. The largest absolute Gasteiger partial charge is 0.381 e. The molecule has 0 saturated heterocycles. The van der Waals surface area contributed by atoms with Crippen LogP contribution in [-0.2, 0) is 14.8 Å². The normalized spacial score (nSPS) is 24.8. The lowest BCUT2D eigenvalue weighted by atomic mass is 9.84. The summed E-state index contributed by atoms with van der Waals surface area (Å²) in [5.74, 6) is 0.373. The lowest BCUT2D eigenvalue weighted by molar-refractivity contribution is 0.158. The third-order valence-electron chi connectivity index (χ3n) is 3.90. The van der Waals surface area contributed by atoms with Crippen LogP contribution in [0, 0.1) is 5.92 Å². The fourth-order valence-corrected chi connectivity index (χ4v) is 4.55. The summed E-state index contributed by atoms with van der Waals surface area (Å²) in [6.45, 7) is 5.69. The van der Waals surface area contributed by atoms with Crippen molar-refractivity contribution in [2.24, 2.45) is 11.7 Å². The van der Waals surface area contributed by atoms with Gasteiger partial charge in [0.25, 0.3) is 0 Å². The molecule has 2 atom stereocenters. The van der Waals surface area contributed by atoms with Crippen molar-refractivity contribution in [1.29, 1.82) is 0 Å². The molecular formula is C13H28N2O3S. The lowest BCUT2D eigenvalue weighted by Gasteiger charge is -2.38. The maximum atomic E-state index is 12.4. The van der Waals surface area contributed by atoms with Crippen molar-refractivity contribution in [1.82, 2.24) is 4.31 Å². The van der Waals surface area contributed by atoms with Crippen LogP contribution < -0.4 is 5.73 Å². The lowest BCUT2D eigenvalue weighted by Crippen LogP contribution is -2.49. The van der Waals surface area contributed by atoms with Gasteiger partial charge in [0.05, 0.1) is 12.4 Å². The van der Waals surface area contributed by atoms with Gasteiger partial charge < -0.3 is 10.5 Å². The number of rotatable bonds is 8. The first kappa shape index (κ1) is 16.9. The van der Waals surface area contributed by atoms with Crippen LogP contribution in [0.1, 0.15) is 39.5 Å². The molecule has 2 N–H and O–H groups in total. The Bertz CT molecular complexity index is 346. The smallest absolute Gasteiger partial charge is 0.216 e. The molecule has 0 spiro atoms. The van der Waals surface area contributed by atoms with E-state index in [9.17, 15) is 8.42 Å². The van der Waals surface area contributed by atoms with E-state index in [0.29, 0.717) is 25.6 Å². The highest BCUT2D eigenvalue weighted by atomic mass is 32.2. The fourth-order valence-electron chi connectivity index (χ4n) is 2.91. The minimum absolute atomic E-state index is 0.0719. The SMILES string of the molecule is CCOCCS(=O)(=O)N(CC)C1CCCCC1CN. The molecule has 1 saturated carbocycles. The maximum absolute atomic E-state index is 12.4. The Balaban J connectivity index is 2.73. The summed E-state index contributed by atoms with van der Waals surface area (Å²) >= 11 is 0. The molecule has 1 aliphatic rings. The number of hydrogen-bond donors (Lipinski definition) is 1. The Kier molecular flexibility index (Phi) is 7.28. The van der Waals surface area contributed by atoms with Crippen LogP contribution in [-0.4, -0.2) is 50.8 Å². The molecule has 5 nitrogen and oxygen atoms in total. The summed E-state index contributed by atoms with van der Waals surface area (Å²) in [5.41, 5.74) is 5.80. The Morgan fingerprint density at radius 3 is 2.53 bits per heavy atom. The van der Waals surface area contributed by atoms with Crippen molar-refractivity contribution in [2.45, 2.75) is 45.6 Å². The molecule has 1 rings (SSSR count). The molecule has 6 heteroatoms. The first-order valence-corrected chi connectivity index (χ1v) is 8.95. The van der Waals surface area contributed by atoms with Gasteiger partial charge in [-0.15, -0.1) is 0 Å². The molecule has 1 fully saturated rings. The fraction of sp³-hybridized carbons (Fsp3) is 1.00. The van der Waals surface area contributed by atoms with Gasteiger partial charge in [-0.05, 0) is 32.2 Å². The van der Waals surface area contributed by atoms with Gasteiger partial charge in [0, 0.05) is 19.2 Å². The van der Waals surface area contributed by atoms with Crippen LogP contribution >= 0.6 is 0 Å². The quantitative estimate of drug-likeness (QED) is 0.682. The highest BCUT2D eigenvalue weighted by molar-refractivity contribution is 7.89. The summed E-state index contributed by atoms with van der Waals surface area (Å²) in [7, 11) is -3.23. The van der Waals surface area contributed by atoms with Crippen molar-refractivity contribution in [2.75, 3.05) is 32.1 Å². The summed E-state index contributed by atoms with van der Waals surface area (Å²) in [6, 6.07) is 0.0791. The molecule has 0 aromatic rings. The van der Waals surface area contributed by atoms with Crippen LogP contribution in [0.2, 0.25) is 0 Å². The van der Waals surface area contributed by atoms with Crippen LogP contribution in [0.15, 0.2) is 0 Å². The van der Waals surface area contributed by atoms with Crippen LogP contribution in [0.5, 0.6) is 0 Å². The summed E-state index contributed by atoms with van der Waals surface area (Å²) in [6.07, 6.45) is 4.23. The van der Waals surface area contributed by atoms with E-state index in [4.69, 9.17) is 10.5 Å². The first-order valence-electron chi connectivity index (χ1n) is 7.34. The van der Waals surface area contributed by atoms with Crippen LogP contribution in [0.4, 0.5) is 0 Å². The highest BCUT2D eigenvalue weighted by Gasteiger charge is 2.34. The molecule has 19 heavy (non-hydrogen) atoms. The Morgan fingerprint density at radius 1 is 1.26 bits per heavy atom. The number of hydrogen-bond acceptors (Lipinski definition) is 4. The topological polar surface area (TPSA) is 72.6 Å². The zero-order valence-corrected chi connectivity index (χ0v) is 13.0. The molecule has 0 aliphatic heterocycles. The van der Waals surface area contributed by atoms with Gasteiger partial charge in [0.2, 0.25) is 10.0 Å². The molecule has 0 bridgehead atoms. The van der Waals surface area contributed by atoms with E-state index >= 15 is 0 Å². The second-order valence-corrected chi connectivity index (χ2v) is 7.10. The van der Waals surface area contributed by atoms with E-state index in [1.807, 2.05) is 13.8 Å². The first-order chi connectivity index (χ1) is 9.06. The summed E-state index contributed by atoms with van der Waals surface area (Å²) < 4.78 is 31.6. The molecule has 2 unspecified atom stereocenters. The predicted octanol–water partition coefficient (Wildman–Crippen LogP) is 1.19. The van der Waals surface area contributed by atoms with Crippen LogP contribution in [0.3, 0.4) is 0 Å². The van der Waals surface area contributed by atoms with Crippen molar-refractivity contribution < 1.29 is 13.2 Å². The van der Waals surface area contributed by atoms with Crippen molar-refractivity contribution in [3.8, 4) is 0 Å². The minimum Gasteiger partial charge on any atom is -0.381 e. The average molecular weight is 292 g/mol. The molecule has 0 aromatic heterocycles. The highest BCUT2D eigenvalue weighted by Crippen LogP contribution is 2.29. The average Bonchev–Trinajstić information content (AvgIpc) is 2.40. The second kappa shape index (κ2) is 8.19. The van der Waals surface area contributed by atoms with E-state index < -0.39 is 10.0 Å². The third kappa shape index (κ3) is 4.70. The Morgan fingerprint density at radius 2 is 1.95 bits per heavy atom. The molecule has 1 aliphatic carbocycles. The van der Waals surface area contributed by atoms with E-state index in [0.717, 1.165) is 25.7 Å². The van der Waals surface area contributed by atoms with E-state index in [-0.39, 0.29) is 18.4 Å². The molecular weight excluding hydrogens is 264 g/mol. The number of ether oxygens (including phenoxy) is 1. The van der Waals surface area contributed by atoms with Crippen molar-refractivity contribution >= 4 is 10.0 Å². The van der Waals surface area contributed by atoms with Gasteiger partial charge in [-0.3, -0.25) is 0 Å². The molecule has 0 radical (unpaired) electrons. The van der Waals surface area contributed by atoms with Crippen LogP contribution in [0.25, 0.3) is 0 Å². The van der Waals surface area contributed by atoms with Gasteiger partial charge in [-0.25, -0.2) is 8.42 Å².